The van der Waals surface area contributed by atoms with Crippen LogP contribution in [0.25, 0.3) is 0 Å². The first-order valence-corrected chi connectivity index (χ1v) is 7.78. The average molecular weight is 276 g/mol. The van der Waals surface area contributed by atoms with Gasteiger partial charge in [-0.3, -0.25) is 5.32 Å². The lowest BCUT2D eigenvalue weighted by Gasteiger charge is -2.31. The van der Waals surface area contributed by atoms with Crippen LogP contribution in [0, 0.1) is 11.3 Å². The second-order valence-corrected chi connectivity index (χ2v) is 7.51. The summed E-state index contributed by atoms with van der Waals surface area (Å²) in [7, 11) is 0. The predicted molar refractivity (Wildman–Crippen MR) is 84.2 cm³/mol. The Bertz CT molecular complexity index is 417. The summed E-state index contributed by atoms with van der Waals surface area (Å²) in [6, 6.07) is 12.6. The molecule has 0 aliphatic heterocycles. The van der Waals surface area contributed by atoms with Crippen molar-refractivity contribution in [2.24, 2.45) is 0 Å². The van der Waals surface area contributed by atoms with E-state index in [1.165, 1.54) is 0 Å². The Morgan fingerprint density at radius 1 is 1.21 bits per heavy atom. The number of hydrogen-bond donors (Lipinski definition) is 1. The molecular weight excluding hydrogens is 252 g/mol. The van der Waals surface area contributed by atoms with Crippen molar-refractivity contribution < 1.29 is 0 Å². The largest absolute Gasteiger partial charge is 0.295 e. The van der Waals surface area contributed by atoms with E-state index in [2.05, 4.69) is 39.1 Å². The summed E-state index contributed by atoms with van der Waals surface area (Å²) < 4.78 is 0.158. The average Bonchev–Trinajstić information content (AvgIpc) is 2.40. The Morgan fingerprint density at radius 3 is 2.32 bits per heavy atom. The van der Waals surface area contributed by atoms with Crippen LogP contribution in [0.3, 0.4) is 0 Å². The van der Waals surface area contributed by atoms with Crippen LogP contribution in [0.5, 0.6) is 0 Å². The van der Waals surface area contributed by atoms with Crippen molar-refractivity contribution >= 4 is 11.8 Å². The Hall–Kier alpha value is -0.980. The van der Waals surface area contributed by atoms with E-state index >= 15 is 0 Å². The molecule has 0 fully saturated rings. The zero-order valence-electron chi connectivity index (χ0n) is 12.4. The SMILES string of the molecule is CCCNC(C#N)(CSC(C)(C)C)c1ccccc1. The summed E-state index contributed by atoms with van der Waals surface area (Å²) in [5.74, 6) is 0.761. The van der Waals surface area contributed by atoms with E-state index in [4.69, 9.17) is 0 Å². The first-order valence-electron chi connectivity index (χ1n) is 6.79. The van der Waals surface area contributed by atoms with Gasteiger partial charge in [-0.15, -0.1) is 0 Å². The standard InChI is InChI=1S/C16H24N2S/c1-5-11-18-16(12-17,13-19-15(2,3)4)14-9-7-6-8-10-14/h6-10,18H,5,11,13H2,1-4H3. The fraction of sp³-hybridized carbons (Fsp3) is 0.562. The first kappa shape index (κ1) is 16.1. The molecule has 2 nitrogen and oxygen atoms in total. The predicted octanol–water partition coefficient (Wildman–Crippen LogP) is 3.94. The van der Waals surface area contributed by atoms with Gasteiger partial charge in [0.1, 0.15) is 5.54 Å². The highest BCUT2D eigenvalue weighted by atomic mass is 32.2. The summed E-state index contributed by atoms with van der Waals surface area (Å²) in [5, 5.41) is 13.2. The number of nitrogens with one attached hydrogen (secondary N) is 1. The fourth-order valence-corrected chi connectivity index (χ4v) is 2.74. The molecule has 0 aliphatic carbocycles. The molecule has 0 heterocycles. The van der Waals surface area contributed by atoms with Crippen molar-refractivity contribution in [1.29, 1.82) is 5.26 Å². The van der Waals surface area contributed by atoms with E-state index in [1.54, 1.807) is 0 Å². The van der Waals surface area contributed by atoms with Gasteiger partial charge in [-0.05, 0) is 18.5 Å². The summed E-state index contributed by atoms with van der Waals surface area (Å²) in [6.07, 6.45) is 1.02. The molecule has 0 spiro atoms. The zero-order chi connectivity index (χ0) is 14.4. The van der Waals surface area contributed by atoms with E-state index in [0.29, 0.717) is 0 Å². The monoisotopic (exact) mass is 276 g/mol. The first-order chi connectivity index (χ1) is 8.93. The number of rotatable bonds is 6. The Labute approximate surface area is 121 Å². The molecule has 3 heteroatoms. The highest BCUT2D eigenvalue weighted by molar-refractivity contribution is 8.00. The van der Waals surface area contributed by atoms with E-state index in [1.807, 2.05) is 42.1 Å². The van der Waals surface area contributed by atoms with Gasteiger partial charge in [-0.2, -0.15) is 17.0 Å². The van der Waals surface area contributed by atoms with Crippen molar-refractivity contribution in [3.8, 4) is 6.07 Å². The van der Waals surface area contributed by atoms with Crippen molar-refractivity contribution in [1.82, 2.24) is 5.32 Å². The van der Waals surface area contributed by atoms with Gasteiger partial charge in [0.15, 0.2) is 0 Å². The minimum Gasteiger partial charge on any atom is -0.295 e. The van der Waals surface area contributed by atoms with Crippen LogP contribution in [-0.2, 0) is 5.54 Å². The molecule has 0 bridgehead atoms. The zero-order valence-corrected chi connectivity index (χ0v) is 13.2. The number of thioether (sulfide) groups is 1. The number of nitriles is 1. The molecular formula is C16H24N2S. The quantitative estimate of drug-likeness (QED) is 0.855. The van der Waals surface area contributed by atoms with Gasteiger partial charge in [0.05, 0.1) is 6.07 Å². The van der Waals surface area contributed by atoms with Crippen LogP contribution in [0.1, 0.15) is 39.7 Å². The number of hydrogen-bond acceptors (Lipinski definition) is 3. The molecule has 0 saturated heterocycles. The molecule has 104 valence electrons. The fourth-order valence-electron chi connectivity index (χ4n) is 1.76. The molecule has 1 rings (SSSR count). The minimum absolute atomic E-state index is 0.158. The Kier molecular flexibility index (Phi) is 5.90. The molecule has 0 aromatic heterocycles. The van der Waals surface area contributed by atoms with Crippen LogP contribution in [-0.4, -0.2) is 17.0 Å². The van der Waals surface area contributed by atoms with Gasteiger partial charge >= 0.3 is 0 Å². The van der Waals surface area contributed by atoms with Crippen LogP contribution >= 0.6 is 11.8 Å². The van der Waals surface area contributed by atoms with E-state index in [0.717, 1.165) is 24.3 Å². The maximum Gasteiger partial charge on any atom is 0.141 e. The molecule has 0 amide bonds. The lowest BCUT2D eigenvalue weighted by Crippen LogP contribution is -2.44. The van der Waals surface area contributed by atoms with Gasteiger partial charge in [0, 0.05) is 10.5 Å². The van der Waals surface area contributed by atoms with Crippen LogP contribution in [0.2, 0.25) is 0 Å². The molecule has 1 aromatic carbocycles. The van der Waals surface area contributed by atoms with Gasteiger partial charge < -0.3 is 0 Å². The Morgan fingerprint density at radius 2 is 1.84 bits per heavy atom. The molecule has 19 heavy (non-hydrogen) atoms. The maximum atomic E-state index is 9.73. The van der Waals surface area contributed by atoms with Crippen molar-refractivity contribution in [3.63, 3.8) is 0 Å². The highest BCUT2D eigenvalue weighted by Crippen LogP contribution is 2.32. The van der Waals surface area contributed by atoms with E-state index < -0.39 is 5.54 Å². The third kappa shape index (κ3) is 4.89. The van der Waals surface area contributed by atoms with Crippen LogP contribution < -0.4 is 5.32 Å². The molecule has 1 aromatic rings. The number of nitrogens with zero attached hydrogens (tertiary/aromatic N) is 1. The second-order valence-electron chi connectivity index (χ2n) is 5.71. The topological polar surface area (TPSA) is 35.8 Å². The van der Waals surface area contributed by atoms with Crippen molar-refractivity contribution in [2.45, 2.75) is 44.4 Å². The normalized spacial score (nSPS) is 14.7. The Balaban J connectivity index is 2.99. The highest BCUT2D eigenvalue weighted by Gasteiger charge is 2.33. The maximum absolute atomic E-state index is 9.73. The lowest BCUT2D eigenvalue weighted by atomic mass is 9.93. The number of benzene rings is 1. The van der Waals surface area contributed by atoms with Gasteiger partial charge in [0.25, 0.3) is 0 Å². The summed E-state index contributed by atoms with van der Waals surface area (Å²) >= 11 is 1.83. The van der Waals surface area contributed by atoms with Crippen molar-refractivity contribution in [3.05, 3.63) is 35.9 Å². The van der Waals surface area contributed by atoms with Gasteiger partial charge in [-0.25, -0.2) is 0 Å². The van der Waals surface area contributed by atoms with Gasteiger partial charge in [-0.1, -0.05) is 58.0 Å². The molecule has 0 radical (unpaired) electrons. The van der Waals surface area contributed by atoms with Crippen LogP contribution in [0.4, 0.5) is 0 Å². The smallest absolute Gasteiger partial charge is 0.141 e. The third-order valence-corrected chi connectivity index (χ3v) is 4.30. The second kappa shape index (κ2) is 6.98. The van der Waals surface area contributed by atoms with Crippen molar-refractivity contribution in [2.75, 3.05) is 12.3 Å². The van der Waals surface area contributed by atoms with E-state index in [-0.39, 0.29) is 4.75 Å². The third-order valence-electron chi connectivity index (χ3n) is 2.86. The molecule has 0 saturated carbocycles. The lowest BCUT2D eigenvalue weighted by molar-refractivity contribution is 0.472. The molecule has 1 N–H and O–H groups in total. The van der Waals surface area contributed by atoms with E-state index in [9.17, 15) is 5.26 Å². The summed E-state index contributed by atoms with van der Waals surface area (Å²) in [4.78, 5) is 0. The summed E-state index contributed by atoms with van der Waals surface area (Å²) in [5.41, 5.74) is 0.470. The van der Waals surface area contributed by atoms with Crippen LogP contribution in [0.15, 0.2) is 30.3 Å². The minimum atomic E-state index is -0.588. The summed E-state index contributed by atoms with van der Waals surface area (Å²) in [6.45, 7) is 9.53. The van der Waals surface area contributed by atoms with Gasteiger partial charge in [0.2, 0.25) is 0 Å². The molecule has 1 unspecified atom stereocenters. The molecule has 1 atom stereocenters. The molecule has 0 aliphatic rings.